The zero-order chi connectivity index (χ0) is 16.1. The van der Waals surface area contributed by atoms with Gasteiger partial charge in [0.2, 0.25) is 11.8 Å². The zero-order valence-electron chi connectivity index (χ0n) is 13.6. The second kappa shape index (κ2) is 7.62. The smallest absolute Gasteiger partial charge is 0.223 e. The number of hydrogen-bond acceptors (Lipinski definition) is 2. The van der Waals surface area contributed by atoms with E-state index in [0.29, 0.717) is 6.54 Å². The summed E-state index contributed by atoms with van der Waals surface area (Å²) in [6, 6.07) is 10.1. The SMILES string of the molecule is O=C(NC[C@@H](Cc1ccccc1)NC(=O)C1CCC1)C1CCC1. The van der Waals surface area contributed by atoms with E-state index >= 15 is 0 Å². The maximum absolute atomic E-state index is 12.2. The van der Waals surface area contributed by atoms with Gasteiger partial charge in [0, 0.05) is 18.4 Å². The molecule has 0 saturated heterocycles. The van der Waals surface area contributed by atoms with E-state index in [0.717, 1.165) is 44.9 Å². The van der Waals surface area contributed by atoms with Crippen LogP contribution >= 0.6 is 0 Å². The molecule has 2 amide bonds. The van der Waals surface area contributed by atoms with Crippen molar-refractivity contribution < 1.29 is 9.59 Å². The van der Waals surface area contributed by atoms with Gasteiger partial charge in [0.25, 0.3) is 0 Å². The molecule has 124 valence electrons. The molecule has 0 aromatic heterocycles. The van der Waals surface area contributed by atoms with Gasteiger partial charge in [0.05, 0.1) is 6.04 Å². The minimum Gasteiger partial charge on any atom is -0.354 e. The summed E-state index contributed by atoms with van der Waals surface area (Å²) in [4.78, 5) is 24.3. The molecule has 2 fully saturated rings. The number of carbonyl (C=O) groups excluding carboxylic acids is 2. The van der Waals surface area contributed by atoms with E-state index in [2.05, 4.69) is 22.8 Å². The van der Waals surface area contributed by atoms with Crippen molar-refractivity contribution >= 4 is 11.8 Å². The maximum atomic E-state index is 12.2. The third kappa shape index (κ3) is 4.34. The van der Waals surface area contributed by atoms with Crippen LogP contribution in [0, 0.1) is 11.8 Å². The van der Waals surface area contributed by atoms with Gasteiger partial charge in [-0.2, -0.15) is 0 Å². The van der Waals surface area contributed by atoms with Gasteiger partial charge in [-0.15, -0.1) is 0 Å². The Hall–Kier alpha value is -1.84. The first-order valence-corrected chi connectivity index (χ1v) is 8.84. The van der Waals surface area contributed by atoms with Gasteiger partial charge >= 0.3 is 0 Å². The highest BCUT2D eigenvalue weighted by Gasteiger charge is 2.28. The molecule has 0 bridgehead atoms. The molecule has 0 spiro atoms. The Bertz CT molecular complexity index is 536. The van der Waals surface area contributed by atoms with Crippen LogP contribution in [0.25, 0.3) is 0 Å². The van der Waals surface area contributed by atoms with Crippen LogP contribution in [0.5, 0.6) is 0 Å². The van der Waals surface area contributed by atoms with Crippen LogP contribution in [0.1, 0.15) is 44.1 Å². The summed E-state index contributed by atoms with van der Waals surface area (Å²) in [6.07, 6.45) is 7.07. The third-order valence-corrected chi connectivity index (χ3v) is 5.15. The summed E-state index contributed by atoms with van der Waals surface area (Å²) in [5, 5.41) is 6.18. The molecule has 0 unspecified atom stereocenters. The van der Waals surface area contributed by atoms with Crippen LogP contribution in [0.3, 0.4) is 0 Å². The molecular weight excluding hydrogens is 288 g/mol. The van der Waals surface area contributed by atoms with Gasteiger partial charge < -0.3 is 10.6 Å². The third-order valence-electron chi connectivity index (χ3n) is 5.15. The monoisotopic (exact) mass is 314 g/mol. The summed E-state index contributed by atoms with van der Waals surface area (Å²) in [7, 11) is 0. The van der Waals surface area contributed by atoms with E-state index in [-0.39, 0.29) is 29.7 Å². The first-order valence-electron chi connectivity index (χ1n) is 8.84. The minimum atomic E-state index is -0.0328. The highest BCUT2D eigenvalue weighted by molar-refractivity contribution is 5.81. The summed E-state index contributed by atoms with van der Waals surface area (Å²) < 4.78 is 0. The van der Waals surface area contributed by atoms with Crippen LogP contribution < -0.4 is 10.6 Å². The lowest BCUT2D eigenvalue weighted by molar-refractivity contribution is -0.130. The number of hydrogen-bond donors (Lipinski definition) is 2. The molecule has 4 heteroatoms. The van der Waals surface area contributed by atoms with Crippen molar-refractivity contribution in [2.45, 2.75) is 51.0 Å². The molecule has 0 heterocycles. The van der Waals surface area contributed by atoms with Crippen LogP contribution in [0.4, 0.5) is 0 Å². The van der Waals surface area contributed by atoms with Gasteiger partial charge in [-0.05, 0) is 37.7 Å². The molecule has 1 aromatic rings. The zero-order valence-corrected chi connectivity index (χ0v) is 13.6. The standard InChI is InChI=1S/C19H26N2O2/c22-18(15-8-4-9-15)20-13-17(12-14-6-2-1-3-7-14)21-19(23)16-10-5-11-16/h1-3,6-7,15-17H,4-5,8-13H2,(H,20,22)(H,21,23)/t17-/m1/s1. The Morgan fingerprint density at radius 3 is 2.13 bits per heavy atom. The summed E-state index contributed by atoms with van der Waals surface area (Å²) in [5.74, 6) is 0.660. The summed E-state index contributed by atoms with van der Waals surface area (Å²) in [5.41, 5.74) is 1.18. The number of rotatable bonds is 7. The van der Waals surface area contributed by atoms with E-state index in [9.17, 15) is 9.59 Å². The second-order valence-corrected chi connectivity index (χ2v) is 6.90. The number of amides is 2. The Labute approximate surface area is 138 Å². The topological polar surface area (TPSA) is 58.2 Å². The van der Waals surface area contributed by atoms with E-state index in [1.165, 1.54) is 5.56 Å². The lowest BCUT2D eigenvalue weighted by atomic mass is 9.84. The average molecular weight is 314 g/mol. The van der Waals surface area contributed by atoms with Gasteiger partial charge in [0.15, 0.2) is 0 Å². The van der Waals surface area contributed by atoms with Crippen LogP contribution in [-0.2, 0) is 16.0 Å². The summed E-state index contributed by atoms with van der Waals surface area (Å²) in [6.45, 7) is 0.517. The molecule has 4 nitrogen and oxygen atoms in total. The maximum Gasteiger partial charge on any atom is 0.223 e. The van der Waals surface area contributed by atoms with Crippen molar-refractivity contribution in [2.75, 3.05) is 6.54 Å². The Morgan fingerprint density at radius 1 is 0.957 bits per heavy atom. The second-order valence-electron chi connectivity index (χ2n) is 6.90. The largest absolute Gasteiger partial charge is 0.354 e. The van der Waals surface area contributed by atoms with Crippen molar-refractivity contribution in [1.29, 1.82) is 0 Å². The van der Waals surface area contributed by atoms with Crippen LogP contribution in [0.15, 0.2) is 30.3 Å². The lowest BCUT2D eigenvalue weighted by Crippen LogP contribution is -2.49. The van der Waals surface area contributed by atoms with E-state index in [1.807, 2.05) is 18.2 Å². The first-order chi connectivity index (χ1) is 11.2. The predicted octanol–water partition coefficient (Wildman–Crippen LogP) is 2.43. The van der Waals surface area contributed by atoms with Crippen molar-refractivity contribution in [2.24, 2.45) is 11.8 Å². The van der Waals surface area contributed by atoms with Gasteiger partial charge in [-0.25, -0.2) is 0 Å². The molecule has 0 aliphatic heterocycles. The molecule has 3 rings (SSSR count). The molecule has 1 atom stereocenters. The van der Waals surface area contributed by atoms with Crippen LogP contribution in [0.2, 0.25) is 0 Å². The molecule has 2 saturated carbocycles. The number of carbonyl (C=O) groups is 2. The molecule has 23 heavy (non-hydrogen) atoms. The molecule has 2 N–H and O–H groups in total. The van der Waals surface area contributed by atoms with Crippen LogP contribution in [-0.4, -0.2) is 24.4 Å². The average Bonchev–Trinajstić information content (AvgIpc) is 2.42. The van der Waals surface area contributed by atoms with Crippen molar-refractivity contribution in [1.82, 2.24) is 10.6 Å². The van der Waals surface area contributed by atoms with Crippen molar-refractivity contribution in [3.63, 3.8) is 0 Å². The summed E-state index contributed by atoms with van der Waals surface area (Å²) >= 11 is 0. The highest BCUT2D eigenvalue weighted by atomic mass is 16.2. The Kier molecular flexibility index (Phi) is 5.31. The lowest BCUT2D eigenvalue weighted by Gasteiger charge is -2.29. The number of benzene rings is 1. The normalized spacial score (nSPS) is 19.3. The van der Waals surface area contributed by atoms with E-state index in [1.54, 1.807) is 0 Å². The molecule has 2 aliphatic carbocycles. The minimum absolute atomic E-state index is 0.0328. The molecule has 1 aromatic carbocycles. The van der Waals surface area contributed by atoms with E-state index in [4.69, 9.17) is 0 Å². The quantitative estimate of drug-likeness (QED) is 0.812. The van der Waals surface area contributed by atoms with Crippen molar-refractivity contribution in [3.8, 4) is 0 Å². The first kappa shape index (κ1) is 16.0. The van der Waals surface area contributed by atoms with E-state index < -0.39 is 0 Å². The fourth-order valence-corrected chi connectivity index (χ4v) is 3.10. The number of nitrogens with one attached hydrogen (secondary N) is 2. The Balaban J connectivity index is 1.55. The fourth-order valence-electron chi connectivity index (χ4n) is 3.10. The van der Waals surface area contributed by atoms with Gasteiger partial charge in [-0.3, -0.25) is 9.59 Å². The molecule has 2 aliphatic rings. The van der Waals surface area contributed by atoms with Gasteiger partial charge in [-0.1, -0.05) is 43.2 Å². The highest BCUT2D eigenvalue weighted by Crippen LogP contribution is 2.27. The Morgan fingerprint density at radius 2 is 1.57 bits per heavy atom. The van der Waals surface area contributed by atoms with Gasteiger partial charge in [0.1, 0.15) is 0 Å². The fraction of sp³-hybridized carbons (Fsp3) is 0.579. The molecular formula is C19H26N2O2. The molecule has 0 radical (unpaired) electrons. The van der Waals surface area contributed by atoms with Crippen molar-refractivity contribution in [3.05, 3.63) is 35.9 Å². The predicted molar refractivity (Wildman–Crippen MR) is 89.8 cm³/mol.